The van der Waals surface area contributed by atoms with E-state index >= 15 is 0 Å². The van der Waals surface area contributed by atoms with Crippen LogP contribution in [0.1, 0.15) is 38.4 Å². The maximum absolute atomic E-state index is 13.1. The number of nitrogens with zero attached hydrogens (tertiary/aromatic N) is 5. The number of hydrogen-bond donors (Lipinski definition) is 0. The highest BCUT2D eigenvalue weighted by molar-refractivity contribution is 6.19. The number of amides is 3. The summed E-state index contributed by atoms with van der Waals surface area (Å²) in [5, 5.41) is 0. The van der Waals surface area contributed by atoms with Crippen molar-refractivity contribution in [3.05, 3.63) is 11.9 Å². The standard InChI is InChI=1S/C18H26N5O3/c1-11(2)8-23-16(24)14-15(20(4)18(23)25)19-17-21(12(3)9-22(14)17)10-13-6-5-7-26-13/h9,11,13-14H,5-8,10H2,1-4H3/q+1. The van der Waals surface area contributed by atoms with Gasteiger partial charge in [-0.25, -0.2) is 13.9 Å². The number of carbonyl (C=O) groups excluding carboxylic acids is 2. The highest BCUT2D eigenvalue weighted by Gasteiger charge is 2.53. The highest BCUT2D eigenvalue weighted by atomic mass is 16.5. The van der Waals surface area contributed by atoms with E-state index in [0.717, 1.165) is 37.6 Å². The monoisotopic (exact) mass is 360 g/mol. The van der Waals surface area contributed by atoms with Gasteiger partial charge in [0.25, 0.3) is 5.91 Å². The lowest BCUT2D eigenvalue weighted by molar-refractivity contribution is -0.677. The number of aromatic nitrogens is 2. The fourth-order valence-corrected chi connectivity index (χ4v) is 3.98. The number of rotatable bonds is 4. The lowest BCUT2D eigenvalue weighted by Crippen LogP contribution is -2.63. The topological polar surface area (TPSA) is 71.0 Å². The van der Waals surface area contributed by atoms with E-state index in [9.17, 15) is 9.59 Å². The third-order valence-corrected chi connectivity index (χ3v) is 5.28. The number of fused-ring (bicyclic) bond motifs is 3. The van der Waals surface area contributed by atoms with Gasteiger partial charge in [-0.1, -0.05) is 18.8 Å². The minimum atomic E-state index is -0.559. The maximum Gasteiger partial charge on any atom is 0.402 e. The van der Waals surface area contributed by atoms with Gasteiger partial charge in [-0.15, -0.1) is 0 Å². The van der Waals surface area contributed by atoms with E-state index in [-0.39, 0.29) is 24.0 Å². The zero-order valence-corrected chi connectivity index (χ0v) is 15.8. The molecule has 2 atom stereocenters. The first-order chi connectivity index (χ1) is 12.4. The molecule has 3 aliphatic rings. The second-order valence-corrected chi connectivity index (χ2v) is 7.78. The molecular weight excluding hydrogens is 334 g/mol. The average Bonchev–Trinajstić information content (AvgIpc) is 3.28. The summed E-state index contributed by atoms with van der Waals surface area (Å²) in [7, 11) is 1.69. The number of imide groups is 1. The molecule has 0 saturated carbocycles. The van der Waals surface area contributed by atoms with E-state index in [1.54, 1.807) is 7.05 Å². The number of aryl methyl sites for hydroxylation is 1. The number of urea groups is 1. The number of amidine groups is 1. The molecule has 8 nitrogen and oxygen atoms in total. The van der Waals surface area contributed by atoms with Gasteiger partial charge >= 0.3 is 12.0 Å². The first kappa shape index (κ1) is 17.2. The van der Waals surface area contributed by atoms with Gasteiger partial charge in [-0.3, -0.25) is 14.6 Å². The molecule has 0 radical (unpaired) electrons. The maximum atomic E-state index is 13.1. The largest absolute Gasteiger partial charge is 0.402 e. The molecule has 2 saturated heterocycles. The third kappa shape index (κ3) is 2.55. The molecule has 1 aromatic heterocycles. The van der Waals surface area contributed by atoms with Crippen LogP contribution in [0.15, 0.2) is 11.2 Å². The molecule has 140 valence electrons. The fraction of sp³-hybridized carbons (Fsp3) is 0.667. The van der Waals surface area contributed by atoms with Gasteiger partial charge in [-0.05, 0) is 25.7 Å². The van der Waals surface area contributed by atoms with Gasteiger partial charge in [0.05, 0.1) is 12.6 Å². The number of hydrogen-bond acceptors (Lipinski definition) is 4. The van der Waals surface area contributed by atoms with Crippen molar-refractivity contribution in [3.63, 3.8) is 0 Å². The van der Waals surface area contributed by atoms with Crippen molar-refractivity contribution in [1.82, 2.24) is 14.4 Å². The molecule has 0 N–H and O–H groups in total. The molecule has 0 bridgehead atoms. The molecule has 0 spiro atoms. The summed E-state index contributed by atoms with van der Waals surface area (Å²) >= 11 is 0. The first-order valence-corrected chi connectivity index (χ1v) is 9.29. The summed E-state index contributed by atoms with van der Waals surface area (Å²) in [6, 6.07) is -0.859. The summed E-state index contributed by atoms with van der Waals surface area (Å²) < 4.78 is 9.76. The molecule has 4 heterocycles. The zero-order valence-electron chi connectivity index (χ0n) is 15.8. The molecule has 2 fully saturated rings. The minimum Gasteiger partial charge on any atom is -0.375 e. The first-order valence-electron chi connectivity index (χ1n) is 9.29. The van der Waals surface area contributed by atoms with Crippen molar-refractivity contribution >= 4 is 23.7 Å². The van der Waals surface area contributed by atoms with Gasteiger partial charge < -0.3 is 4.74 Å². The van der Waals surface area contributed by atoms with Crippen LogP contribution in [0.2, 0.25) is 0 Å². The van der Waals surface area contributed by atoms with E-state index in [2.05, 4.69) is 9.56 Å². The van der Waals surface area contributed by atoms with Crippen LogP contribution in [0, 0.1) is 12.8 Å². The van der Waals surface area contributed by atoms with Crippen LogP contribution in [0.4, 0.5) is 10.7 Å². The van der Waals surface area contributed by atoms with Crippen molar-refractivity contribution in [1.29, 1.82) is 0 Å². The molecule has 4 rings (SSSR count). The Morgan fingerprint density at radius 1 is 1.38 bits per heavy atom. The van der Waals surface area contributed by atoms with Crippen molar-refractivity contribution in [2.24, 2.45) is 10.9 Å². The average molecular weight is 360 g/mol. The van der Waals surface area contributed by atoms with Crippen LogP contribution in [0.25, 0.3) is 0 Å². The van der Waals surface area contributed by atoms with Gasteiger partial charge in [0.15, 0.2) is 0 Å². The predicted octanol–water partition coefficient (Wildman–Crippen LogP) is 1.40. The van der Waals surface area contributed by atoms with Crippen molar-refractivity contribution in [3.8, 4) is 0 Å². The Hall–Kier alpha value is -2.22. The molecule has 2 unspecified atom stereocenters. The van der Waals surface area contributed by atoms with Gasteiger partial charge in [0.1, 0.15) is 11.9 Å². The van der Waals surface area contributed by atoms with Gasteiger partial charge in [0.2, 0.25) is 11.9 Å². The van der Waals surface area contributed by atoms with Crippen molar-refractivity contribution in [2.75, 3.05) is 20.2 Å². The quantitative estimate of drug-likeness (QED) is 0.762. The molecular formula is C18H26N5O3+. The Morgan fingerprint density at radius 2 is 2.15 bits per heavy atom. The van der Waals surface area contributed by atoms with Crippen molar-refractivity contribution < 1.29 is 18.9 Å². The van der Waals surface area contributed by atoms with Crippen LogP contribution in [0.5, 0.6) is 0 Å². The SMILES string of the molecule is Cc1c[n+]2c(n1CC1CCCO1)N=C1C2C(=O)N(CC(C)C)C(=O)N1C. The van der Waals surface area contributed by atoms with Crippen LogP contribution in [0.3, 0.4) is 0 Å². The number of imidazole rings is 1. The Balaban J connectivity index is 1.70. The lowest BCUT2D eigenvalue weighted by Gasteiger charge is -2.33. The molecule has 0 aromatic carbocycles. The van der Waals surface area contributed by atoms with Crippen LogP contribution < -0.4 is 4.57 Å². The Kier molecular flexibility index (Phi) is 4.10. The molecule has 3 aliphatic heterocycles. The third-order valence-electron chi connectivity index (χ3n) is 5.28. The van der Waals surface area contributed by atoms with Crippen molar-refractivity contribution in [2.45, 2.75) is 52.3 Å². The summed E-state index contributed by atoms with van der Waals surface area (Å²) in [6.45, 7) is 7.95. The normalized spacial score (nSPS) is 25.2. The fourth-order valence-electron chi connectivity index (χ4n) is 3.98. The van der Waals surface area contributed by atoms with Gasteiger partial charge in [-0.2, -0.15) is 0 Å². The van der Waals surface area contributed by atoms with E-state index < -0.39 is 6.04 Å². The summed E-state index contributed by atoms with van der Waals surface area (Å²) in [5.74, 6) is 1.25. The van der Waals surface area contributed by atoms with Crippen LogP contribution in [-0.4, -0.2) is 58.4 Å². The van der Waals surface area contributed by atoms with Gasteiger partial charge in [0, 0.05) is 20.2 Å². The number of likely N-dealkylation sites (N-methyl/N-ethyl adjacent to an activating group) is 1. The summed E-state index contributed by atoms with van der Waals surface area (Å²) in [4.78, 5) is 33.2. The Morgan fingerprint density at radius 3 is 2.81 bits per heavy atom. The molecule has 0 aliphatic carbocycles. The number of aliphatic imine (C=N–C) groups is 1. The smallest absolute Gasteiger partial charge is 0.375 e. The molecule has 1 aromatic rings. The molecule has 26 heavy (non-hydrogen) atoms. The van der Waals surface area contributed by atoms with E-state index in [1.165, 1.54) is 9.80 Å². The second-order valence-electron chi connectivity index (χ2n) is 7.78. The lowest BCUT2D eigenvalue weighted by atomic mass is 10.1. The summed E-state index contributed by atoms with van der Waals surface area (Å²) in [6.07, 6.45) is 4.26. The molecule has 8 heteroatoms. The Bertz CT molecular complexity index is 791. The van der Waals surface area contributed by atoms with E-state index in [1.807, 2.05) is 31.5 Å². The van der Waals surface area contributed by atoms with E-state index in [0.29, 0.717) is 12.4 Å². The highest BCUT2D eigenvalue weighted by Crippen LogP contribution is 2.30. The van der Waals surface area contributed by atoms with Crippen LogP contribution >= 0.6 is 0 Å². The number of ether oxygens (including phenoxy) is 1. The minimum absolute atomic E-state index is 0.182. The van der Waals surface area contributed by atoms with Crippen LogP contribution in [-0.2, 0) is 16.1 Å². The van der Waals surface area contributed by atoms with E-state index in [4.69, 9.17) is 4.74 Å². The predicted molar refractivity (Wildman–Crippen MR) is 94.2 cm³/mol. The summed E-state index contributed by atoms with van der Waals surface area (Å²) in [5.41, 5.74) is 1.04. The molecule has 3 amide bonds. The second kappa shape index (κ2) is 6.19. The zero-order chi connectivity index (χ0) is 18.6. The number of carbonyl (C=O) groups is 2. The Labute approximate surface area is 153 Å².